The summed E-state index contributed by atoms with van der Waals surface area (Å²) in [5.41, 5.74) is 4.66. The molecule has 0 saturated heterocycles. The molecule has 0 saturated carbocycles. The van der Waals surface area contributed by atoms with Crippen LogP contribution in [0.2, 0.25) is 0 Å². The third-order valence-corrected chi connectivity index (χ3v) is 2.67. The zero-order valence-electron chi connectivity index (χ0n) is 10.7. The van der Waals surface area contributed by atoms with Gasteiger partial charge < -0.3 is 0 Å². The van der Waals surface area contributed by atoms with Gasteiger partial charge in [0.25, 0.3) is 5.69 Å². The number of anilines is 1. The molecule has 0 aliphatic carbocycles. The number of nitro benzene ring substituents is 1. The lowest BCUT2D eigenvalue weighted by Gasteiger charge is -2.03. The Labute approximate surface area is 114 Å². The molecular formula is C14H12FN3O2. The second kappa shape index (κ2) is 5.92. The van der Waals surface area contributed by atoms with Crippen molar-refractivity contribution in [2.75, 3.05) is 5.43 Å². The van der Waals surface area contributed by atoms with Crippen molar-refractivity contribution in [1.29, 1.82) is 0 Å². The minimum absolute atomic E-state index is 0.00960. The van der Waals surface area contributed by atoms with E-state index in [1.165, 1.54) is 24.3 Å². The van der Waals surface area contributed by atoms with E-state index < -0.39 is 4.92 Å². The largest absolute Gasteiger partial charge is 0.278 e. The summed E-state index contributed by atoms with van der Waals surface area (Å²) in [6, 6.07) is 12.0. The average Bonchev–Trinajstić information content (AvgIpc) is 2.46. The molecule has 1 N–H and O–H groups in total. The monoisotopic (exact) mass is 273 g/mol. The fourth-order valence-electron chi connectivity index (χ4n) is 1.59. The highest BCUT2D eigenvalue weighted by atomic mass is 19.1. The van der Waals surface area contributed by atoms with Crippen molar-refractivity contribution in [2.45, 2.75) is 6.92 Å². The highest BCUT2D eigenvalue weighted by molar-refractivity contribution is 5.99. The standard InChI is InChI=1S/C14H12FN3O2/c1-10(11-5-7-12(15)8-6-11)16-17-13-3-2-4-14(9-13)18(19)20/h2-9,17H,1H3/b16-10+. The third-order valence-electron chi connectivity index (χ3n) is 2.67. The SMILES string of the molecule is C/C(=N\Nc1cccc([N+](=O)[O-])c1)c1ccc(F)cc1. The van der Waals surface area contributed by atoms with E-state index in [2.05, 4.69) is 10.5 Å². The Balaban J connectivity index is 2.14. The predicted molar refractivity (Wildman–Crippen MR) is 75.3 cm³/mol. The van der Waals surface area contributed by atoms with Gasteiger partial charge in [0, 0.05) is 12.1 Å². The van der Waals surface area contributed by atoms with Gasteiger partial charge in [0.15, 0.2) is 0 Å². The Hall–Kier alpha value is -2.76. The Kier molecular flexibility index (Phi) is 4.05. The lowest BCUT2D eigenvalue weighted by molar-refractivity contribution is -0.384. The Bertz CT molecular complexity index is 654. The molecule has 0 aliphatic heterocycles. The maximum absolute atomic E-state index is 12.8. The molecule has 0 aromatic heterocycles. The molecule has 0 bridgehead atoms. The summed E-state index contributed by atoms with van der Waals surface area (Å²) in [6.07, 6.45) is 0. The van der Waals surface area contributed by atoms with Gasteiger partial charge in [-0.3, -0.25) is 15.5 Å². The quantitative estimate of drug-likeness (QED) is 0.526. The lowest BCUT2D eigenvalue weighted by Crippen LogP contribution is -2.00. The van der Waals surface area contributed by atoms with E-state index in [1.54, 1.807) is 31.2 Å². The van der Waals surface area contributed by atoms with Crippen LogP contribution in [0, 0.1) is 15.9 Å². The van der Waals surface area contributed by atoms with E-state index in [9.17, 15) is 14.5 Å². The second-order valence-electron chi connectivity index (χ2n) is 4.12. The molecule has 0 atom stereocenters. The Morgan fingerprint density at radius 3 is 2.60 bits per heavy atom. The van der Waals surface area contributed by atoms with Crippen molar-refractivity contribution >= 4 is 17.1 Å². The summed E-state index contributed by atoms with van der Waals surface area (Å²) in [6.45, 7) is 1.76. The summed E-state index contributed by atoms with van der Waals surface area (Å²) in [4.78, 5) is 10.2. The van der Waals surface area contributed by atoms with Gasteiger partial charge in [0.05, 0.1) is 16.3 Å². The number of hydrazone groups is 1. The molecule has 0 unspecified atom stereocenters. The molecule has 2 aromatic rings. The number of halogens is 1. The van der Waals surface area contributed by atoms with E-state index >= 15 is 0 Å². The number of rotatable bonds is 4. The summed E-state index contributed by atoms with van der Waals surface area (Å²) < 4.78 is 12.8. The van der Waals surface area contributed by atoms with E-state index in [0.29, 0.717) is 11.4 Å². The van der Waals surface area contributed by atoms with Gasteiger partial charge in [-0.05, 0) is 30.7 Å². The maximum Gasteiger partial charge on any atom is 0.271 e. The van der Waals surface area contributed by atoms with Crippen LogP contribution in [0.15, 0.2) is 53.6 Å². The highest BCUT2D eigenvalue weighted by Gasteiger charge is 2.05. The van der Waals surface area contributed by atoms with Crippen molar-refractivity contribution in [2.24, 2.45) is 5.10 Å². The lowest BCUT2D eigenvalue weighted by atomic mass is 10.1. The number of benzene rings is 2. The minimum Gasteiger partial charge on any atom is -0.278 e. The topological polar surface area (TPSA) is 67.5 Å². The molecule has 0 spiro atoms. The summed E-state index contributed by atoms with van der Waals surface area (Å²) >= 11 is 0. The first-order valence-electron chi connectivity index (χ1n) is 5.87. The van der Waals surface area contributed by atoms with Gasteiger partial charge in [0.1, 0.15) is 5.82 Å². The Morgan fingerprint density at radius 1 is 1.25 bits per heavy atom. The van der Waals surface area contributed by atoms with Crippen LogP contribution in [0.4, 0.5) is 15.8 Å². The average molecular weight is 273 g/mol. The van der Waals surface area contributed by atoms with Crippen molar-refractivity contribution in [3.05, 3.63) is 70.0 Å². The van der Waals surface area contributed by atoms with Crippen LogP contribution in [-0.4, -0.2) is 10.6 Å². The number of nitro groups is 1. The molecule has 20 heavy (non-hydrogen) atoms. The second-order valence-corrected chi connectivity index (χ2v) is 4.12. The first-order chi connectivity index (χ1) is 9.56. The van der Waals surface area contributed by atoms with E-state index in [4.69, 9.17) is 0 Å². The van der Waals surface area contributed by atoms with Gasteiger partial charge in [-0.1, -0.05) is 18.2 Å². The number of nitrogens with one attached hydrogen (secondary N) is 1. The fourth-order valence-corrected chi connectivity index (χ4v) is 1.59. The van der Waals surface area contributed by atoms with Crippen LogP contribution in [0.1, 0.15) is 12.5 Å². The van der Waals surface area contributed by atoms with Gasteiger partial charge >= 0.3 is 0 Å². The molecule has 102 valence electrons. The van der Waals surface area contributed by atoms with Gasteiger partial charge in [-0.15, -0.1) is 0 Å². The molecule has 0 aliphatic rings. The van der Waals surface area contributed by atoms with Crippen LogP contribution >= 0.6 is 0 Å². The van der Waals surface area contributed by atoms with Gasteiger partial charge in [0.2, 0.25) is 0 Å². The molecule has 0 amide bonds. The van der Waals surface area contributed by atoms with Crippen LogP contribution < -0.4 is 5.43 Å². The van der Waals surface area contributed by atoms with Gasteiger partial charge in [-0.25, -0.2) is 4.39 Å². The normalized spacial score (nSPS) is 11.2. The third kappa shape index (κ3) is 3.38. The number of non-ortho nitro benzene ring substituents is 1. The summed E-state index contributed by atoms with van der Waals surface area (Å²) in [5, 5.41) is 14.8. The first-order valence-corrected chi connectivity index (χ1v) is 5.87. The minimum atomic E-state index is -0.471. The Morgan fingerprint density at radius 2 is 1.95 bits per heavy atom. The molecule has 6 heteroatoms. The molecule has 0 fully saturated rings. The fraction of sp³-hybridized carbons (Fsp3) is 0.0714. The van der Waals surface area contributed by atoms with Crippen molar-refractivity contribution in [3.63, 3.8) is 0 Å². The van der Waals surface area contributed by atoms with Crippen LogP contribution in [0.3, 0.4) is 0 Å². The van der Waals surface area contributed by atoms with E-state index in [1.807, 2.05) is 0 Å². The first kappa shape index (κ1) is 13.7. The number of hydrogen-bond acceptors (Lipinski definition) is 4. The van der Waals surface area contributed by atoms with Crippen LogP contribution in [-0.2, 0) is 0 Å². The van der Waals surface area contributed by atoms with Gasteiger partial charge in [-0.2, -0.15) is 5.10 Å². The molecule has 5 nitrogen and oxygen atoms in total. The van der Waals surface area contributed by atoms with Crippen LogP contribution in [0.5, 0.6) is 0 Å². The highest BCUT2D eigenvalue weighted by Crippen LogP contribution is 2.17. The van der Waals surface area contributed by atoms with Crippen LogP contribution in [0.25, 0.3) is 0 Å². The molecule has 2 rings (SSSR count). The number of nitrogens with zero attached hydrogens (tertiary/aromatic N) is 2. The zero-order valence-corrected chi connectivity index (χ0v) is 10.7. The predicted octanol–water partition coefficient (Wildman–Crippen LogP) is 3.57. The molecule has 0 radical (unpaired) electrons. The molecule has 2 aromatic carbocycles. The van der Waals surface area contributed by atoms with Crippen molar-refractivity contribution in [3.8, 4) is 0 Å². The zero-order chi connectivity index (χ0) is 14.5. The molecule has 0 heterocycles. The maximum atomic E-state index is 12.8. The summed E-state index contributed by atoms with van der Waals surface area (Å²) in [7, 11) is 0. The molecular weight excluding hydrogens is 261 g/mol. The smallest absolute Gasteiger partial charge is 0.271 e. The van der Waals surface area contributed by atoms with Crippen molar-refractivity contribution < 1.29 is 9.31 Å². The summed E-state index contributed by atoms with van der Waals surface area (Å²) in [5.74, 6) is -0.312. The van der Waals surface area contributed by atoms with E-state index in [-0.39, 0.29) is 11.5 Å². The van der Waals surface area contributed by atoms with Crippen molar-refractivity contribution in [1.82, 2.24) is 0 Å². The number of hydrogen-bond donors (Lipinski definition) is 1. The van der Waals surface area contributed by atoms with E-state index in [0.717, 1.165) is 5.56 Å².